The monoisotopic (exact) mass is 412 g/mol. The Labute approximate surface area is 171 Å². The molecule has 29 heavy (non-hydrogen) atoms. The summed E-state index contributed by atoms with van der Waals surface area (Å²) >= 11 is 5.92. The largest absolute Gasteiger partial charge is 0.370 e. The average molecular weight is 413 g/mol. The highest BCUT2D eigenvalue weighted by Gasteiger charge is 2.25. The molecule has 1 unspecified atom stereocenters. The van der Waals surface area contributed by atoms with E-state index in [1.807, 2.05) is 25.5 Å². The van der Waals surface area contributed by atoms with E-state index in [0.717, 1.165) is 11.4 Å². The molecule has 1 aliphatic rings. The average Bonchev–Trinajstić information content (AvgIpc) is 3.36. The van der Waals surface area contributed by atoms with Gasteiger partial charge in [-0.05, 0) is 18.2 Å². The van der Waals surface area contributed by atoms with E-state index in [-0.39, 0.29) is 6.10 Å². The lowest BCUT2D eigenvalue weighted by molar-refractivity contribution is 0.0395. The number of hydrogen-bond acceptors (Lipinski definition) is 5. The molecule has 1 aliphatic heterocycles. The molecule has 0 N–H and O–H groups in total. The fraction of sp³-hybridized carbons (Fsp3) is 0.250. The van der Waals surface area contributed by atoms with E-state index in [2.05, 4.69) is 15.0 Å². The Morgan fingerprint density at radius 3 is 2.97 bits per heavy atom. The molecule has 148 valence electrons. The van der Waals surface area contributed by atoms with Crippen LogP contribution in [0.4, 0.5) is 10.2 Å². The highest BCUT2D eigenvalue weighted by molar-refractivity contribution is 6.30. The molecule has 0 saturated carbocycles. The maximum atomic E-state index is 14.6. The SMILES string of the molecule is Cn1cc(C2CN(c3cc4nccn4c(-c4ccc(Cl)cc4F)n3)CCO2)cn1. The number of morpholine rings is 1. The van der Waals surface area contributed by atoms with Gasteiger partial charge in [-0.25, -0.2) is 14.4 Å². The zero-order valence-electron chi connectivity index (χ0n) is 15.7. The molecule has 7 nitrogen and oxygen atoms in total. The third-order valence-electron chi connectivity index (χ3n) is 5.04. The van der Waals surface area contributed by atoms with Crippen LogP contribution in [0.5, 0.6) is 0 Å². The van der Waals surface area contributed by atoms with Gasteiger partial charge in [-0.1, -0.05) is 11.6 Å². The van der Waals surface area contributed by atoms with Gasteiger partial charge in [0.15, 0.2) is 5.82 Å². The maximum Gasteiger partial charge on any atom is 0.151 e. The molecule has 1 aromatic carbocycles. The van der Waals surface area contributed by atoms with Crippen LogP contribution < -0.4 is 4.90 Å². The molecule has 4 heterocycles. The molecule has 5 rings (SSSR count). The summed E-state index contributed by atoms with van der Waals surface area (Å²) in [7, 11) is 1.88. The van der Waals surface area contributed by atoms with Crippen LogP contribution in [0.3, 0.4) is 0 Å². The Bertz CT molecular complexity index is 1190. The predicted octanol–water partition coefficient (Wildman–Crippen LogP) is 3.50. The van der Waals surface area contributed by atoms with Gasteiger partial charge in [0.05, 0.1) is 18.4 Å². The van der Waals surface area contributed by atoms with E-state index in [1.54, 1.807) is 33.6 Å². The van der Waals surface area contributed by atoms with Gasteiger partial charge in [0.25, 0.3) is 0 Å². The number of aromatic nitrogens is 5. The van der Waals surface area contributed by atoms with Crippen LogP contribution in [0.1, 0.15) is 11.7 Å². The van der Waals surface area contributed by atoms with Gasteiger partial charge >= 0.3 is 0 Å². The Morgan fingerprint density at radius 2 is 2.17 bits per heavy atom. The molecule has 0 aliphatic carbocycles. The van der Waals surface area contributed by atoms with Crippen LogP contribution in [-0.4, -0.2) is 43.8 Å². The molecular weight excluding hydrogens is 395 g/mol. The molecule has 0 bridgehead atoms. The van der Waals surface area contributed by atoms with Gasteiger partial charge in [-0.2, -0.15) is 5.10 Å². The summed E-state index contributed by atoms with van der Waals surface area (Å²) in [6.07, 6.45) is 7.11. The van der Waals surface area contributed by atoms with Crippen molar-refractivity contribution in [3.8, 4) is 11.4 Å². The lowest BCUT2D eigenvalue weighted by atomic mass is 10.1. The summed E-state index contributed by atoms with van der Waals surface area (Å²) < 4.78 is 24.1. The first-order chi connectivity index (χ1) is 14.1. The third-order valence-corrected chi connectivity index (χ3v) is 5.27. The lowest BCUT2D eigenvalue weighted by Crippen LogP contribution is -2.39. The van der Waals surface area contributed by atoms with Crippen molar-refractivity contribution in [2.75, 3.05) is 24.6 Å². The second kappa shape index (κ2) is 7.13. The van der Waals surface area contributed by atoms with Crippen molar-refractivity contribution in [3.63, 3.8) is 0 Å². The summed E-state index contributed by atoms with van der Waals surface area (Å²) in [5.74, 6) is 0.784. The molecule has 1 atom stereocenters. The van der Waals surface area contributed by atoms with Crippen LogP contribution in [-0.2, 0) is 11.8 Å². The van der Waals surface area contributed by atoms with Crippen molar-refractivity contribution in [3.05, 3.63) is 65.5 Å². The molecular formula is C20H18ClFN6O. The van der Waals surface area contributed by atoms with E-state index in [4.69, 9.17) is 21.3 Å². The highest BCUT2D eigenvalue weighted by Crippen LogP contribution is 2.30. The summed E-state index contributed by atoms with van der Waals surface area (Å²) in [4.78, 5) is 11.3. The van der Waals surface area contributed by atoms with E-state index in [1.165, 1.54) is 6.07 Å². The predicted molar refractivity (Wildman–Crippen MR) is 108 cm³/mol. The quantitative estimate of drug-likeness (QED) is 0.515. The second-order valence-corrected chi connectivity index (χ2v) is 7.41. The number of fused-ring (bicyclic) bond motifs is 1. The number of nitrogens with zero attached hydrogens (tertiary/aromatic N) is 6. The van der Waals surface area contributed by atoms with Crippen molar-refractivity contribution >= 4 is 23.1 Å². The molecule has 1 fully saturated rings. The molecule has 0 amide bonds. The number of anilines is 1. The van der Waals surface area contributed by atoms with Crippen LogP contribution in [0.2, 0.25) is 5.02 Å². The summed E-state index contributed by atoms with van der Waals surface area (Å²) in [6.45, 7) is 1.87. The molecule has 3 aromatic heterocycles. The second-order valence-electron chi connectivity index (χ2n) is 6.97. The lowest BCUT2D eigenvalue weighted by Gasteiger charge is -2.33. The van der Waals surface area contributed by atoms with Crippen LogP contribution in [0.15, 0.2) is 49.1 Å². The van der Waals surface area contributed by atoms with Crippen LogP contribution >= 0.6 is 11.6 Å². The van der Waals surface area contributed by atoms with E-state index < -0.39 is 5.82 Å². The molecule has 4 aromatic rings. The van der Waals surface area contributed by atoms with Crippen LogP contribution in [0.25, 0.3) is 17.0 Å². The van der Waals surface area contributed by atoms with Crippen LogP contribution in [0, 0.1) is 5.82 Å². The highest BCUT2D eigenvalue weighted by atomic mass is 35.5. The van der Waals surface area contributed by atoms with Gasteiger partial charge in [0, 0.05) is 55.4 Å². The molecule has 1 saturated heterocycles. The summed E-state index contributed by atoms with van der Waals surface area (Å²) in [5, 5.41) is 4.58. The Kier molecular flexibility index (Phi) is 4.44. The van der Waals surface area contributed by atoms with E-state index in [0.29, 0.717) is 41.8 Å². The van der Waals surface area contributed by atoms with Crippen molar-refractivity contribution < 1.29 is 9.13 Å². The minimum Gasteiger partial charge on any atom is -0.370 e. The zero-order chi connectivity index (χ0) is 20.0. The van der Waals surface area contributed by atoms with Crippen molar-refractivity contribution in [1.29, 1.82) is 0 Å². The minimum atomic E-state index is -0.424. The Hall–Kier alpha value is -2.97. The van der Waals surface area contributed by atoms with Gasteiger partial charge < -0.3 is 9.64 Å². The smallest absolute Gasteiger partial charge is 0.151 e. The molecule has 9 heteroatoms. The normalized spacial score (nSPS) is 17.2. The Balaban J connectivity index is 1.55. The first-order valence-corrected chi connectivity index (χ1v) is 9.61. The number of rotatable bonds is 3. The van der Waals surface area contributed by atoms with Gasteiger partial charge in [0.1, 0.15) is 23.4 Å². The zero-order valence-corrected chi connectivity index (χ0v) is 16.4. The number of imidazole rings is 1. The van der Waals surface area contributed by atoms with Gasteiger partial charge in [0.2, 0.25) is 0 Å². The van der Waals surface area contributed by atoms with Crippen molar-refractivity contribution in [2.24, 2.45) is 7.05 Å². The maximum absolute atomic E-state index is 14.6. The topological polar surface area (TPSA) is 60.5 Å². The fourth-order valence-corrected chi connectivity index (χ4v) is 3.76. The first-order valence-electron chi connectivity index (χ1n) is 9.23. The number of aryl methyl sites for hydroxylation is 1. The summed E-state index contributed by atoms with van der Waals surface area (Å²) in [6, 6.07) is 6.50. The Morgan fingerprint density at radius 1 is 1.28 bits per heavy atom. The minimum absolute atomic E-state index is 0.106. The number of benzene rings is 1. The van der Waals surface area contributed by atoms with Gasteiger partial charge in [-0.3, -0.25) is 9.08 Å². The first kappa shape index (κ1) is 18.1. The standard InChI is InChI=1S/C20H18ClFN6O/c1-26-11-13(10-24-26)17-12-27(6-7-29-17)19-9-18-23-4-5-28(18)20(25-19)15-3-2-14(21)8-16(15)22/h2-5,8-11,17H,6-7,12H2,1H3. The fourth-order valence-electron chi connectivity index (χ4n) is 3.60. The number of hydrogen-bond donors (Lipinski definition) is 0. The third kappa shape index (κ3) is 3.34. The molecule has 0 radical (unpaired) electrons. The number of ether oxygens (including phenoxy) is 1. The van der Waals surface area contributed by atoms with Gasteiger partial charge in [-0.15, -0.1) is 0 Å². The van der Waals surface area contributed by atoms with E-state index in [9.17, 15) is 4.39 Å². The van der Waals surface area contributed by atoms with Crippen molar-refractivity contribution in [1.82, 2.24) is 24.1 Å². The molecule has 0 spiro atoms. The summed E-state index contributed by atoms with van der Waals surface area (Å²) in [5.41, 5.74) is 2.09. The number of halogens is 2. The van der Waals surface area contributed by atoms with Crippen molar-refractivity contribution in [2.45, 2.75) is 6.10 Å². The van der Waals surface area contributed by atoms with E-state index >= 15 is 0 Å².